The Kier molecular flexibility index (Phi) is 3.51. The minimum Gasteiger partial charge on any atom is -0.383 e. The Morgan fingerprint density at radius 2 is 1.95 bits per heavy atom. The first-order valence-corrected chi connectivity index (χ1v) is 5.99. The quantitative estimate of drug-likeness (QED) is 0.624. The van der Waals surface area contributed by atoms with Crippen LogP contribution in [0.1, 0.15) is 0 Å². The van der Waals surface area contributed by atoms with E-state index in [1.165, 1.54) is 6.07 Å². The van der Waals surface area contributed by atoms with Gasteiger partial charge in [0.05, 0.1) is 0 Å². The maximum absolute atomic E-state index is 11.3. The van der Waals surface area contributed by atoms with E-state index < -0.39 is 0 Å². The summed E-state index contributed by atoms with van der Waals surface area (Å²) in [5.41, 5.74) is 10.7. The molecule has 0 spiro atoms. The lowest BCUT2D eigenvalue weighted by Gasteiger charge is -2.10. The highest BCUT2D eigenvalue weighted by Gasteiger charge is 2.09. The predicted octanol–water partition coefficient (Wildman–Crippen LogP) is -0.663. The molecule has 0 aromatic carbocycles. The summed E-state index contributed by atoms with van der Waals surface area (Å²) in [7, 11) is 3.56. The first-order valence-electron chi connectivity index (χ1n) is 5.17. The number of anilines is 3. The minimum atomic E-state index is -0.343. The summed E-state index contributed by atoms with van der Waals surface area (Å²) < 4.78 is 0. The van der Waals surface area contributed by atoms with Crippen molar-refractivity contribution in [2.45, 2.75) is 10.3 Å². The van der Waals surface area contributed by atoms with Gasteiger partial charge in [0.2, 0.25) is 17.1 Å². The van der Waals surface area contributed by atoms with Gasteiger partial charge in [-0.3, -0.25) is 4.79 Å². The van der Waals surface area contributed by atoms with Crippen LogP contribution in [-0.2, 0) is 0 Å². The highest BCUT2D eigenvalue weighted by atomic mass is 32.2. The number of aromatic amines is 1. The molecule has 0 fully saturated rings. The molecule has 0 aliphatic carbocycles. The van der Waals surface area contributed by atoms with Crippen molar-refractivity contribution in [1.82, 2.24) is 24.9 Å². The van der Waals surface area contributed by atoms with Crippen molar-refractivity contribution in [2.75, 3.05) is 30.5 Å². The van der Waals surface area contributed by atoms with Crippen LogP contribution in [0.5, 0.6) is 0 Å². The van der Waals surface area contributed by atoms with E-state index in [0.29, 0.717) is 16.3 Å². The van der Waals surface area contributed by atoms with E-state index >= 15 is 0 Å². The summed E-state index contributed by atoms with van der Waals surface area (Å²) in [5.74, 6) is 0.634. The average molecular weight is 280 g/mol. The zero-order valence-corrected chi connectivity index (χ0v) is 11.1. The highest BCUT2D eigenvalue weighted by Crippen LogP contribution is 2.22. The largest absolute Gasteiger partial charge is 0.383 e. The molecule has 0 amide bonds. The molecular weight excluding hydrogens is 268 g/mol. The first-order chi connectivity index (χ1) is 8.94. The molecule has 2 aromatic heterocycles. The van der Waals surface area contributed by atoms with Crippen LogP contribution < -0.4 is 21.9 Å². The second kappa shape index (κ2) is 5.10. The van der Waals surface area contributed by atoms with Crippen LogP contribution in [0.4, 0.5) is 17.7 Å². The van der Waals surface area contributed by atoms with E-state index in [-0.39, 0.29) is 17.3 Å². The third-order valence-corrected chi connectivity index (χ3v) is 2.70. The number of nitrogens with one attached hydrogen (secondary N) is 1. The number of aromatic nitrogens is 5. The molecule has 0 bridgehead atoms. The van der Waals surface area contributed by atoms with Gasteiger partial charge in [0.15, 0.2) is 5.16 Å². The number of nitrogens with zero attached hydrogens (tertiary/aromatic N) is 5. The molecule has 0 aliphatic rings. The van der Waals surface area contributed by atoms with Gasteiger partial charge in [-0.2, -0.15) is 15.0 Å². The summed E-state index contributed by atoms with van der Waals surface area (Å²) in [4.78, 5) is 31.5. The third-order valence-electron chi connectivity index (χ3n) is 1.95. The van der Waals surface area contributed by atoms with Crippen LogP contribution in [-0.4, -0.2) is 39.0 Å². The topological polar surface area (TPSA) is 140 Å². The molecule has 100 valence electrons. The summed E-state index contributed by atoms with van der Waals surface area (Å²) in [6, 6.07) is 1.19. The molecule has 0 saturated heterocycles. The Morgan fingerprint density at radius 3 is 2.58 bits per heavy atom. The Balaban J connectivity index is 2.35. The Hall–Kier alpha value is -2.36. The summed E-state index contributed by atoms with van der Waals surface area (Å²) in [5, 5.41) is 0.616. The number of hydrogen-bond donors (Lipinski definition) is 3. The van der Waals surface area contributed by atoms with Crippen LogP contribution in [0.15, 0.2) is 21.2 Å². The lowest BCUT2D eigenvalue weighted by molar-refractivity contribution is 0.865. The third kappa shape index (κ3) is 3.31. The molecule has 0 aliphatic heterocycles. The molecule has 0 atom stereocenters. The molecule has 5 N–H and O–H groups in total. The van der Waals surface area contributed by atoms with E-state index in [0.717, 1.165) is 11.8 Å². The number of nitrogens with two attached hydrogens (primary N) is 2. The molecule has 0 unspecified atom stereocenters. The van der Waals surface area contributed by atoms with E-state index in [9.17, 15) is 4.79 Å². The van der Waals surface area contributed by atoms with Gasteiger partial charge in [0, 0.05) is 20.2 Å². The van der Waals surface area contributed by atoms with Crippen molar-refractivity contribution in [2.24, 2.45) is 0 Å². The first kappa shape index (κ1) is 13.1. The maximum atomic E-state index is 11.3. The lowest BCUT2D eigenvalue weighted by atomic mass is 10.6. The highest BCUT2D eigenvalue weighted by molar-refractivity contribution is 7.99. The normalized spacial score (nSPS) is 10.4. The van der Waals surface area contributed by atoms with Gasteiger partial charge in [-0.25, -0.2) is 4.98 Å². The fourth-order valence-corrected chi connectivity index (χ4v) is 1.94. The van der Waals surface area contributed by atoms with Gasteiger partial charge in [-0.15, -0.1) is 0 Å². The number of H-pyrrole nitrogens is 1. The molecule has 19 heavy (non-hydrogen) atoms. The Labute approximate surface area is 112 Å². The standard InChI is InChI=1S/C9H12N8OS/c1-17(2)7-14-6(11)15-9(16-7)19-8-12-4(10)3-5(18)13-8/h3H,1-2H3,(H3,10,12,13,18)(H2,11,14,15,16). The van der Waals surface area contributed by atoms with Crippen LogP contribution in [0, 0.1) is 0 Å². The fraction of sp³-hybridized carbons (Fsp3) is 0.222. The molecule has 9 nitrogen and oxygen atoms in total. The average Bonchev–Trinajstić information content (AvgIpc) is 2.26. The summed E-state index contributed by atoms with van der Waals surface area (Å²) >= 11 is 1.05. The fourth-order valence-electron chi connectivity index (χ4n) is 1.19. The zero-order chi connectivity index (χ0) is 14.0. The van der Waals surface area contributed by atoms with Crippen LogP contribution in [0.25, 0.3) is 0 Å². The molecule has 2 rings (SSSR count). The molecule has 2 aromatic rings. The Bertz CT molecular complexity index is 655. The molecular formula is C9H12N8OS. The smallest absolute Gasteiger partial charge is 0.253 e. The van der Waals surface area contributed by atoms with Crippen molar-refractivity contribution < 1.29 is 0 Å². The number of hydrogen-bond acceptors (Lipinski definition) is 9. The van der Waals surface area contributed by atoms with Gasteiger partial charge in [0.25, 0.3) is 5.56 Å². The predicted molar refractivity (Wildman–Crippen MR) is 72.0 cm³/mol. The van der Waals surface area contributed by atoms with E-state index in [2.05, 4.69) is 24.9 Å². The maximum Gasteiger partial charge on any atom is 0.253 e. The van der Waals surface area contributed by atoms with Crippen molar-refractivity contribution in [3.05, 3.63) is 16.4 Å². The van der Waals surface area contributed by atoms with Crippen molar-refractivity contribution >= 4 is 29.5 Å². The zero-order valence-electron chi connectivity index (χ0n) is 10.3. The molecule has 0 radical (unpaired) electrons. The van der Waals surface area contributed by atoms with Gasteiger partial charge in [0.1, 0.15) is 5.82 Å². The molecule has 10 heteroatoms. The van der Waals surface area contributed by atoms with Crippen molar-refractivity contribution in [3.63, 3.8) is 0 Å². The number of rotatable bonds is 3. The van der Waals surface area contributed by atoms with Crippen molar-refractivity contribution in [3.8, 4) is 0 Å². The van der Waals surface area contributed by atoms with Crippen molar-refractivity contribution in [1.29, 1.82) is 0 Å². The molecule has 0 saturated carbocycles. The van der Waals surface area contributed by atoms with Gasteiger partial charge in [-0.05, 0) is 11.8 Å². The van der Waals surface area contributed by atoms with Crippen LogP contribution in [0.3, 0.4) is 0 Å². The number of nitrogen functional groups attached to an aromatic ring is 2. The van der Waals surface area contributed by atoms with E-state index in [4.69, 9.17) is 11.5 Å². The monoisotopic (exact) mass is 280 g/mol. The van der Waals surface area contributed by atoms with Gasteiger partial charge < -0.3 is 21.4 Å². The Morgan fingerprint density at radius 1 is 1.21 bits per heavy atom. The molecule has 2 heterocycles. The van der Waals surface area contributed by atoms with Gasteiger partial charge in [-0.1, -0.05) is 0 Å². The summed E-state index contributed by atoms with van der Waals surface area (Å²) in [6.45, 7) is 0. The SMILES string of the molecule is CN(C)c1nc(N)nc(Sc2nc(N)cc(=O)[nH]2)n1. The second-order valence-corrected chi connectivity index (χ2v) is 4.70. The minimum absolute atomic E-state index is 0.0902. The second-order valence-electron chi connectivity index (χ2n) is 3.75. The van der Waals surface area contributed by atoms with Crippen LogP contribution in [0.2, 0.25) is 0 Å². The van der Waals surface area contributed by atoms with Gasteiger partial charge >= 0.3 is 0 Å². The lowest BCUT2D eigenvalue weighted by Crippen LogP contribution is -2.15. The summed E-state index contributed by atoms with van der Waals surface area (Å²) in [6.07, 6.45) is 0. The van der Waals surface area contributed by atoms with E-state index in [1.54, 1.807) is 19.0 Å². The van der Waals surface area contributed by atoms with E-state index in [1.807, 2.05) is 0 Å². The van der Waals surface area contributed by atoms with Crippen LogP contribution >= 0.6 is 11.8 Å².